The number of pyridine rings is 1. The van der Waals surface area contributed by atoms with E-state index in [1.54, 1.807) is 12.1 Å². The molecule has 0 spiro atoms. The number of H-pyrrole nitrogens is 1. The van der Waals surface area contributed by atoms with Crippen LogP contribution in [0.25, 0.3) is 0 Å². The predicted octanol–water partition coefficient (Wildman–Crippen LogP) is 3.04. The molecule has 0 bridgehead atoms. The summed E-state index contributed by atoms with van der Waals surface area (Å²) in [4.78, 5) is 19.0. The van der Waals surface area contributed by atoms with Crippen molar-refractivity contribution < 1.29 is 14.6 Å². The smallest absolute Gasteiger partial charge is 0.251 e. The lowest BCUT2D eigenvalue weighted by molar-refractivity contribution is 0.0841. The third-order valence-corrected chi connectivity index (χ3v) is 5.75. The van der Waals surface area contributed by atoms with E-state index in [-0.39, 0.29) is 23.7 Å². The van der Waals surface area contributed by atoms with Crippen molar-refractivity contribution in [1.82, 2.24) is 25.4 Å². The van der Waals surface area contributed by atoms with E-state index >= 15 is 0 Å². The van der Waals surface area contributed by atoms with Crippen LogP contribution in [0.15, 0.2) is 48.7 Å². The zero-order valence-corrected chi connectivity index (χ0v) is 19.3. The van der Waals surface area contributed by atoms with Crippen LogP contribution in [0, 0.1) is 0 Å². The molecule has 1 amide bonds. The minimum absolute atomic E-state index is 0.0812. The van der Waals surface area contributed by atoms with Crippen LogP contribution in [0.3, 0.4) is 0 Å². The van der Waals surface area contributed by atoms with E-state index in [2.05, 4.69) is 64.4 Å². The van der Waals surface area contributed by atoms with Gasteiger partial charge in [-0.2, -0.15) is 0 Å². The van der Waals surface area contributed by atoms with Crippen LogP contribution in [0.2, 0.25) is 0 Å². The molecule has 8 heteroatoms. The topological polar surface area (TPSA) is 103 Å². The molecule has 1 atom stereocenters. The molecule has 1 aromatic carbocycles. The Balaban J connectivity index is 1.28. The second kappa shape index (κ2) is 9.72. The fourth-order valence-corrected chi connectivity index (χ4v) is 3.84. The number of nitrogens with one attached hydrogen (secondary N) is 2. The van der Waals surface area contributed by atoms with E-state index in [0.717, 1.165) is 25.2 Å². The van der Waals surface area contributed by atoms with Gasteiger partial charge in [0.1, 0.15) is 0 Å². The Kier molecular flexibility index (Phi) is 6.76. The summed E-state index contributed by atoms with van der Waals surface area (Å²) in [7, 11) is 0. The maximum atomic E-state index is 12.6. The molecular formula is C25H31N5O3. The number of β-amino-alcohol motifs (C(OH)–C–C–N with tert-alkyl or cyclic N) is 1. The highest BCUT2D eigenvalue weighted by Gasteiger charge is 2.20. The molecule has 0 radical (unpaired) electrons. The molecule has 0 aliphatic carbocycles. The maximum Gasteiger partial charge on any atom is 0.251 e. The SMILES string of the molecule is CC(C)(C)c1cc(Oc2cc(C(=O)NC[C@H](O)CN3CCc4ccccc4C3)ccn2)n[nH]1. The van der Waals surface area contributed by atoms with Crippen LogP contribution in [-0.4, -0.2) is 56.8 Å². The highest BCUT2D eigenvalue weighted by Crippen LogP contribution is 2.25. The number of benzene rings is 1. The molecular weight excluding hydrogens is 418 g/mol. The second-order valence-electron chi connectivity index (χ2n) is 9.47. The summed E-state index contributed by atoms with van der Waals surface area (Å²) in [6.45, 7) is 8.62. The number of ether oxygens (including phenoxy) is 1. The Hall–Kier alpha value is -3.23. The highest BCUT2D eigenvalue weighted by molar-refractivity contribution is 5.94. The first-order valence-corrected chi connectivity index (χ1v) is 11.2. The van der Waals surface area contributed by atoms with Crippen molar-refractivity contribution in [3.05, 3.63) is 71.0 Å². The number of aromatic nitrogens is 3. The van der Waals surface area contributed by atoms with Crippen LogP contribution in [0.4, 0.5) is 0 Å². The summed E-state index contributed by atoms with van der Waals surface area (Å²) >= 11 is 0. The molecule has 2 aromatic heterocycles. The molecule has 8 nitrogen and oxygen atoms in total. The highest BCUT2D eigenvalue weighted by atomic mass is 16.5. The maximum absolute atomic E-state index is 12.6. The quantitative estimate of drug-likeness (QED) is 0.512. The van der Waals surface area contributed by atoms with Crippen molar-refractivity contribution >= 4 is 5.91 Å². The molecule has 3 aromatic rings. The van der Waals surface area contributed by atoms with Gasteiger partial charge in [-0.1, -0.05) is 45.0 Å². The lowest BCUT2D eigenvalue weighted by Gasteiger charge is -2.30. The fraction of sp³-hybridized carbons (Fsp3) is 0.400. The van der Waals surface area contributed by atoms with Gasteiger partial charge in [0, 0.05) is 61.2 Å². The Morgan fingerprint density at radius 2 is 2.00 bits per heavy atom. The Labute approximate surface area is 194 Å². The average Bonchev–Trinajstić information content (AvgIpc) is 3.27. The molecule has 174 valence electrons. The summed E-state index contributed by atoms with van der Waals surface area (Å²) in [5.41, 5.74) is 3.94. The number of hydrogen-bond acceptors (Lipinski definition) is 6. The van der Waals surface area contributed by atoms with E-state index < -0.39 is 6.10 Å². The van der Waals surface area contributed by atoms with E-state index in [9.17, 15) is 9.90 Å². The zero-order valence-electron chi connectivity index (χ0n) is 19.3. The number of aromatic amines is 1. The van der Waals surface area contributed by atoms with Gasteiger partial charge in [0.2, 0.25) is 11.8 Å². The largest absolute Gasteiger partial charge is 0.419 e. The van der Waals surface area contributed by atoms with Gasteiger partial charge in [-0.3, -0.25) is 14.8 Å². The predicted molar refractivity (Wildman–Crippen MR) is 125 cm³/mol. The molecule has 0 fully saturated rings. The van der Waals surface area contributed by atoms with E-state index in [4.69, 9.17) is 4.74 Å². The van der Waals surface area contributed by atoms with Crippen molar-refractivity contribution in [3.8, 4) is 11.8 Å². The molecule has 3 heterocycles. The van der Waals surface area contributed by atoms with Gasteiger partial charge in [0.15, 0.2) is 0 Å². The molecule has 1 aliphatic heterocycles. The summed E-state index contributed by atoms with van der Waals surface area (Å²) in [5.74, 6) is 0.383. The number of nitrogens with zero attached hydrogens (tertiary/aromatic N) is 3. The van der Waals surface area contributed by atoms with Crippen LogP contribution in [0.5, 0.6) is 11.8 Å². The number of amides is 1. The van der Waals surface area contributed by atoms with Crippen molar-refractivity contribution in [3.63, 3.8) is 0 Å². The van der Waals surface area contributed by atoms with Crippen molar-refractivity contribution in [2.75, 3.05) is 19.6 Å². The van der Waals surface area contributed by atoms with Crippen molar-refractivity contribution in [2.45, 2.75) is 45.3 Å². The fourth-order valence-electron chi connectivity index (χ4n) is 3.84. The molecule has 0 saturated carbocycles. The third-order valence-electron chi connectivity index (χ3n) is 5.75. The Morgan fingerprint density at radius 3 is 2.76 bits per heavy atom. The lowest BCUT2D eigenvalue weighted by atomic mass is 9.93. The zero-order chi connectivity index (χ0) is 23.4. The molecule has 3 N–H and O–H groups in total. The number of aliphatic hydroxyl groups excluding tert-OH is 1. The van der Waals surface area contributed by atoms with Gasteiger partial charge in [0.25, 0.3) is 5.91 Å². The Morgan fingerprint density at radius 1 is 1.21 bits per heavy atom. The van der Waals surface area contributed by atoms with Gasteiger partial charge >= 0.3 is 0 Å². The number of aliphatic hydroxyl groups is 1. The standard InChI is InChI=1S/C25H31N5O3/c1-25(2,3)21-13-23(29-28-21)33-22-12-18(8-10-26-22)24(32)27-14-20(31)16-30-11-9-17-6-4-5-7-19(17)15-30/h4-8,10,12-13,20,31H,9,11,14-16H2,1-3H3,(H,27,32)(H,28,29)/t20-/m0/s1. The number of carbonyl (C=O) groups is 1. The minimum Gasteiger partial charge on any atom is -0.419 e. The number of hydrogen-bond donors (Lipinski definition) is 3. The van der Waals surface area contributed by atoms with Crippen molar-refractivity contribution in [1.29, 1.82) is 0 Å². The number of carbonyl (C=O) groups excluding carboxylic acids is 1. The summed E-state index contributed by atoms with van der Waals surface area (Å²) in [6, 6.07) is 13.4. The van der Waals surface area contributed by atoms with Gasteiger partial charge in [-0.05, 0) is 23.6 Å². The summed E-state index contributed by atoms with van der Waals surface area (Å²) in [6.07, 6.45) is 1.84. The van der Waals surface area contributed by atoms with Gasteiger partial charge in [0.05, 0.1) is 6.10 Å². The third kappa shape index (κ3) is 5.97. The van der Waals surface area contributed by atoms with Crippen LogP contribution >= 0.6 is 0 Å². The first-order valence-electron chi connectivity index (χ1n) is 11.2. The minimum atomic E-state index is -0.656. The molecule has 0 saturated heterocycles. The first-order chi connectivity index (χ1) is 15.8. The average molecular weight is 450 g/mol. The van der Waals surface area contributed by atoms with Crippen LogP contribution in [-0.2, 0) is 18.4 Å². The van der Waals surface area contributed by atoms with E-state index in [1.807, 2.05) is 12.1 Å². The van der Waals surface area contributed by atoms with E-state index in [1.165, 1.54) is 17.3 Å². The molecule has 0 unspecified atom stereocenters. The van der Waals surface area contributed by atoms with Gasteiger partial charge in [-0.25, -0.2) is 4.98 Å². The van der Waals surface area contributed by atoms with Gasteiger partial charge in [-0.15, -0.1) is 5.10 Å². The van der Waals surface area contributed by atoms with Crippen LogP contribution in [0.1, 0.15) is 48.0 Å². The molecule has 33 heavy (non-hydrogen) atoms. The number of rotatable bonds is 7. The van der Waals surface area contributed by atoms with Crippen molar-refractivity contribution in [2.24, 2.45) is 0 Å². The summed E-state index contributed by atoms with van der Waals surface area (Å²) in [5, 5.41) is 20.4. The Bertz CT molecular complexity index is 1110. The van der Waals surface area contributed by atoms with E-state index in [0.29, 0.717) is 18.0 Å². The molecule has 1 aliphatic rings. The molecule has 4 rings (SSSR count). The van der Waals surface area contributed by atoms with Crippen LogP contribution < -0.4 is 10.1 Å². The second-order valence-corrected chi connectivity index (χ2v) is 9.47. The lowest BCUT2D eigenvalue weighted by Crippen LogP contribution is -2.42. The van der Waals surface area contributed by atoms with Gasteiger partial charge < -0.3 is 15.2 Å². The first kappa shape index (κ1) is 22.9. The monoisotopic (exact) mass is 449 g/mol. The number of fused-ring (bicyclic) bond motifs is 1. The summed E-state index contributed by atoms with van der Waals surface area (Å²) < 4.78 is 5.71. The normalized spacial score (nSPS) is 15.0.